The van der Waals surface area contributed by atoms with Crippen LogP contribution in [0.25, 0.3) is 0 Å². The highest BCUT2D eigenvalue weighted by atomic mass is 32.1. The van der Waals surface area contributed by atoms with E-state index >= 15 is 0 Å². The third-order valence-electron chi connectivity index (χ3n) is 3.11. The second kappa shape index (κ2) is 5.06. The number of hydrogen-bond donors (Lipinski definition) is 1. The summed E-state index contributed by atoms with van der Waals surface area (Å²) in [5.41, 5.74) is 6.49. The molecule has 1 aromatic rings. The number of nitrogens with two attached hydrogens (primary N) is 1. The van der Waals surface area contributed by atoms with E-state index in [1.54, 1.807) is 7.11 Å². The molecule has 0 aliphatic carbocycles. The van der Waals surface area contributed by atoms with Crippen LogP contribution < -0.4 is 10.6 Å². The molecule has 0 radical (unpaired) electrons. The van der Waals surface area contributed by atoms with Crippen LogP contribution in [0.4, 0.5) is 10.7 Å². The van der Waals surface area contributed by atoms with Gasteiger partial charge in [0.15, 0.2) is 5.78 Å². The summed E-state index contributed by atoms with van der Waals surface area (Å²) in [5, 5.41) is 1.08. The summed E-state index contributed by atoms with van der Waals surface area (Å²) < 4.78 is 5.33. The molecule has 0 bridgehead atoms. The smallest absolute Gasteiger partial charge is 0.174 e. The SMILES string of the molecule is CCC(=O)c1sc(N2CCC(OC)C2)cc1N. The summed E-state index contributed by atoms with van der Waals surface area (Å²) in [6, 6.07) is 1.91. The first kappa shape index (κ1) is 12.4. The van der Waals surface area contributed by atoms with E-state index in [1.807, 2.05) is 13.0 Å². The molecule has 1 fully saturated rings. The molecule has 94 valence electrons. The predicted molar refractivity (Wildman–Crippen MR) is 71.0 cm³/mol. The number of nitrogen functional groups attached to an aromatic ring is 1. The Kier molecular flexibility index (Phi) is 3.69. The van der Waals surface area contributed by atoms with E-state index < -0.39 is 0 Å². The predicted octanol–water partition coefficient (Wildman–Crippen LogP) is 2.15. The molecular formula is C12H18N2O2S. The van der Waals surface area contributed by atoms with Gasteiger partial charge in [0.2, 0.25) is 0 Å². The lowest BCUT2D eigenvalue weighted by atomic mass is 10.2. The Morgan fingerprint density at radius 1 is 1.71 bits per heavy atom. The molecule has 1 unspecified atom stereocenters. The van der Waals surface area contributed by atoms with E-state index in [-0.39, 0.29) is 5.78 Å². The van der Waals surface area contributed by atoms with Gasteiger partial charge < -0.3 is 15.4 Å². The van der Waals surface area contributed by atoms with Crippen LogP contribution in [0, 0.1) is 0 Å². The maximum atomic E-state index is 11.7. The molecule has 2 heterocycles. The van der Waals surface area contributed by atoms with Crippen LogP contribution in [-0.2, 0) is 4.74 Å². The van der Waals surface area contributed by atoms with Crippen molar-refractivity contribution in [1.82, 2.24) is 0 Å². The number of ether oxygens (including phenoxy) is 1. The monoisotopic (exact) mass is 254 g/mol. The molecule has 0 spiro atoms. The molecule has 1 atom stereocenters. The van der Waals surface area contributed by atoms with Crippen LogP contribution in [-0.4, -0.2) is 32.1 Å². The summed E-state index contributed by atoms with van der Waals surface area (Å²) >= 11 is 1.50. The van der Waals surface area contributed by atoms with Crippen molar-refractivity contribution >= 4 is 27.8 Å². The number of thiophene rings is 1. The molecule has 1 aliphatic heterocycles. The van der Waals surface area contributed by atoms with E-state index in [4.69, 9.17) is 10.5 Å². The molecule has 1 saturated heterocycles. The quantitative estimate of drug-likeness (QED) is 0.836. The Hall–Kier alpha value is -1.07. The maximum absolute atomic E-state index is 11.7. The Morgan fingerprint density at radius 3 is 3.06 bits per heavy atom. The van der Waals surface area contributed by atoms with Crippen LogP contribution in [0.1, 0.15) is 29.4 Å². The molecule has 0 saturated carbocycles. The number of hydrogen-bond acceptors (Lipinski definition) is 5. The Balaban J connectivity index is 2.15. The average Bonchev–Trinajstić information content (AvgIpc) is 2.94. The summed E-state index contributed by atoms with van der Waals surface area (Å²) in [6.07, 6.45) is 1.83. The number of Topliss-reactive ketones (excluding diaryl/α,β-unsaturated/α-hetero) is 1. The van der Waals surface area contributed by atoms with E-state index in [9.17, 15) is 4.79 Å². The number of carbonyl (C=O) groups excluding carboxylic acids is 1. The van der Waals surface area contributed by atoms with Gasteiger partial charge in [-0.1, -0.05) is 6.92 Å². The maximum Gasteiger partial charge on any atom is 0.174 e. The van der Waals surface area contributed by atoms with Crippen molar-refractivity contribution in [2.45, 2.75) is 25.9 Å². The van der Waals surface area contributed by atoms with Crippen molar-refractivity contribution in [1.29, 1.82) is 0 Å². The standard InChI is InChI=1S/C12H18N2O2S/c1-3-10(15)12-9(13)6-11(17-12)14-5-4-8(7-14)16-2/h6,8H,3-5,7,13H2,1-2H3. The minimum absolute atomic E-state index is 0.126. The number of carbonyl (C=O) groups is 1. The number of rotatable bonds is 4. The Labute approximate surface area is 105 Å². The first-order valence-corrected chi connectivity index (χ1v) is 6.67. The molecule has 4 nitrogen and oxygen atoms in total. The van der Waals surface area contributed by atoms with Crippen molar-refractivity contribution in [3.63, 3.8) is 0 Å². The van der Waals surface area contributed by atoms with Crippen molar-refractivity contribution in [2.24, 2.45) is 0 Å². The second-order valence-electron chi connectivity index (χ2n) is 4.24. The topological polar surface area (TPSA) is 55.6 Å². The van der Waals surface area contributed by atoms with Gasteiger partial charge in [-0.3, -0.25) is 4.79 Å². The van der Waals surface area contributed by atoms with Crippen LogP contribution in [0.3, 0.4) is 0 Å². The van der Waals surface area contributed by atoms with Crippen LogP contribution in [0.15, 0.2) is 6.07 Å². The lowest BCUT2D eigenvalue weighted by Gasteiger charge is -2.15. The third kappa shape index (κ3) is 2.45. The molecule has 17 heavy (non-hydrogen) atoms. The normalized spacial score (nSPS) is 19.9. The van der Waals surface area contributed by atoms with Gasteiger partial charge in [-0.25, -0.2) is 0 Å². The highest BCUT2D eigenvalue weighted by molar-refractivity contribution is 7.18. The summed E-state index contributed by atoms with van der Waals surface area (Å²) in [7, 11) is 1.74. The number of anilines is 2. The van der Waals surface area contributed by atoms with Crippen molar-refractivity contribution in [2.75, 3.05) is 30.8 Å². The fraction of sp³-hybridized carbons (Fsp3) is 0.583. The van der Waals surface area contributed by atoms with Gasteiger partial charge in [-0.2, -0.15) is 0 Å². The third-order valence-corrected chi connectivity index (χ3v) is 4.36. The summed E-state index contributed by atoms with van der Waals surface area (Å²) in [5.74, 6) is 0.126. The van der Waals surface area contributed by atoms with Crippen molar-refractivity contribution < 1.29 is 9.53 Å². The molecule has 5 heteroatoms. The highest BCUT2D eigenvalue weighted by Gasteiger charge is 2.25. The van der Waals surface area contributed by atoms with Crippen molar-refractivity contribution in [3.8, 4) is 0 Å². The fourth-order valence-electron chi connectivity index (χ4n) is 2.05. The zero-order valence-electron chi connectivity index (χ0n) is 10.2. The van der Waals surface area contributed by atoms with E-state index in [2.05, 4.69) is 4.90 Å². The molecule has 1 aromatic heterocycles. The van der Waals surface area contributed by atoms with Gasteiger partial charge >= 0.3 is 0 Å². The van der Waals surface area contributed by atoms with Gasteiger partial charge in [0, 0.05) is 26.6 Å². The second-order valence-corrected chi connectivity index (χ2v) is 5.27. The molecule has 0 aromatic carbocycles. The first-order chi connectivity index (χ1) is 8.15. The minimum Gasteiger partial charge on any atom is -0.397 e. The Bertz CT molecular complexity index is 417. The van der Waals surface area contributed by atoms with Crippen LogP contribution in [0.2, 0.25) is 0 Å². The summed E-state index contributed by atoms with van der Waals surface area (Å²) in [6.45, 7) is 3.71. The molecule has 2 rings (SSSR count). The van der Waals surface area contributed by atoms with Gasteiger partial charge in [-0.15, -0.1) is 11.3 Å². The number of ketones is 1. The van der Waals surface area contributed by atoms with Gasteiger partial charge in [-0.05, 0) is 12.5 Å². The molecular weight excluding hydrogens is 236 g/mol. The fourth-order valence-corrected chi connectivity index (χ4v) is 3.17. The van der Waals surface area contributed by atoms with Crippen LogP contribution in [0.5, 0.6) is 0 Å². The molecule has 1 aliphatic rings. The molecule has 2 N–H and O–H groups in total. The lowest BCUT2D eigenvalue weighted by Crippen LogP contribution is -2.21. The minimum atomic E-state index is 0.126. The van der Waals surface area contributed by atoms with E-state index in [0.29, 0.717) is 23.1 Å². The lowest BCUT2D eigenvalue weighted by molar-refractivity contribution is 0.0993. The zero-order chi connectivity index (χ0) is 12.4. The first-order valence-electron chi connectivity index (χ1n) is 5.86. The van der Waals surface area contributed by atoms with Crippen molar-refractivity contribution in [3.05, 3.63) is 10.9 Å². The average molecular weight is 254 g/mol. The molecule has 0 amide bonds. The van der Waals surface area contributed by atoms with Gasteiger partial charge in [0.05, 0.1) is 21.7 Å². The number of nitrogens with zero attached hydrogens (tertiary/aromatic N) is 1. The van der Waals surface area contributed by atoms with Gasteiger partial charge in [0.25, 0.3) is 0 Å². The van der Waals surface area contributed by atoms with Gasteiger partial charge in [0.1, 0.15) is 0 Å². The summed E-state index contributed by atoms with van der Waals surface area (Å²) in [4.78, 5) is 14.6. The Morgan fingerprint density at radius 2 is 2.47 bits per heavy atom. The van der Waals surface area contributed by atoms with E-state index in [1.165, 1.54) is 11.3 Å². The van der Waals surface area contributed by atoms with Crippen LogP contribution >= 0.6 is 11.3 Å². The highest BCUT2D eigenvalue weighted by Crippen LogP contribution is 2.35. The largest absolute Gasteiger partial charge is 0.397 e. The number of methoxy groups -OCH3 is 1. The van der Waals surface area contributed by atoms with E-state index in [0.717, 1.165) is 24.5 Å². The zero-order valence-corrected chi connectivity index (χ0v) is 11.0.